The fourth-order valence-corrected chi connectivity index (χ4v) is 4.07. The van der Waals surface area contributed by atoms with Crippen LogP contribution in [0.4, 0.5) is 18.9 Å². The van der Waals surface area contributed by atoms with Gasteiger partial charge in [0, 0.05) is 5.69 Å². The van der Waals surface area contributed by atoms with Crippen molar-refractivity contribution in [2.75, 3.05) is 5.32 Å². The molecule has 0 saturated heterocycles. The monoisotopic (exact) mass is 390 g/mol. The van der Waals surface area contributed by atoms with E-state index < -0.39 is 18.1 Å². The van der Waals surface area contributed by atoms with Crippen molar-refractivity contribution in [2.45, 2.75) is 63.6 Å². The summed E-state index contributed by atoms with van der Waals surface area (Å²) in [6.07, 6.45) is 2.16. The van der Waals surface area contributed by atoms with Gasteiger partial charge >= 0.3 is 6.18 Å². The number of aliphatic imine (C=N–C) groups is 1. The lowest BCUT2D eigenvalue weighted by molar-refractivity contribution is -0.152. The first-order valence-corrected chi connectivity index (χ1v) is 10.0. The molecule has 1 aliphatic heterocycles. The highest BCUT2D eigenvalue weighted by molar-refractivity contribution is 6.43. The van der Waals surface area contributed by atoms with Crippen molar-refractivity contribution in [1.82, 2.24) is 0 Å². The summed E-state index contributed by atoms with van der Waals surface area (Å²) < 4.78 is 39.8. The first-order valence-electron chi connectivity index (χ1n) is 10.0. The zero-order valence-electron chi connectivity index (χ0n) is 15.9. The van der Waals surface area contributed by atoms with Gasteiger partial charge in [0.25, 0.3) is 5.91 Å². The number of allylic oxidation sites excluding steroid dienone is 2. The molecule has 3 atom stereocenters. The van der Waals surface area contributed by atoms with Gasteiger partial charge in [0.05, 0.1) is 0 Å². The third-order valence-electron chi connectivity index (χ3n) is 6.00. The number of anilines is 1. The molecule has 2 aliphatic carbocycles. The predicted octanol–water partition coefficient (Wildman–Crippen LogP) is 5.64. The van der Waals surface area contributed by atoms with Crippen molar-refractivity contribution in [3.63, 3.8) is 0 Å². The third kappa shape index (κ3) is 4.65. The van der Waals surface area contributed by atoms with Gasteiger partial charge in [-0.25, -0.2) is 0 Å². The Hall–Kier alpha value is -2.11. The summed E-state index contributed by atoms with van der Waals surface area (Å²) in [5.41, 5.74) is 3.20. The van der Waals surface area contributed by atoms with Crippen molar-refractivity contribution in [3.05, 3.63) is 41.5 Å². The largest absolute Gasteiger partial charge is 0.410 e. The van der Waals surface area contributed by atoms with Gasteiger partial charge in [-0.05, 0) is 74.0 Å². The van der Waals surface area contributed by atoms with Crippen LogP contribution in [-0.4, -0.2) is 23.8 Å². The first-order chi connectivity index (χ1) is 13.3. The number of carbonyl (C=O) groups excluding carboxylic acids is 1. The number of nitrogens with one attached hydrogen (secondary N) is 1. The average Bonchev–Trinajstić information content (AvgIpc) is 3.54. The van der Waals surface area contributed by atoms with Crippen molar-refractivity contribution in [1.29, 1.82) is 0 Å². The number of halogens is 3. The minimum absolute atomic E-state index is 0.00774. The second-order valence-corrected chi connectivity index (χ2v) is 8.42. The minimum Gasteiger partial charge on any atom is -0.321 e. The van der Waals surface area contributed by atoms with Gasteiger partial charge in [-0.2, -0.15) is 13.2 Å². The maximum atomic E-state index is 13.3. The quantitative estimate of drug-likeness (QED) is 0.628. The van der Waals surface area contributed by atoms with Crippen LogP contribution in [0.5, 0.6) is 0 Å². The summed E-state index contributed by atoms with van der Waals surface area (Å²) in [5.74, 6) is 0.0490. The van der Waals surface area contributed by atoms with Crippen LogP contribution in [0.15, 0.2) is 40.9 Å². The van der Waals surface area contributed by atoms with E-state index in [0.717, 1.165) is 31.2 Å². The van der Waals surface area contributed by atoms with E-state index >= 15 is 0 Å². The smallest absolute Gasteiger partial charge is 0.321 e. The number of rotatable bonds is 6. The summed E-state index contributed by atoms with van der Waals surface area (Å²) in [4.78, 5) is 16.5. The van der Waals surface area contributed by atoms with Gasteiger partial charge in [0.15, 0.2) is 0 Å². The zero-order valence-corrected chi connectivity index (χ0v) is 15.9. The van der Waals surface area contributed by atoms with Crippen molar-refractivity contribution in [2.24, 2.45) is 16.8 Å². The van der Waals surface area contributed by atoms with Gasteiger partial charge in [0.1, 0.15) is 11.8 Å². The molecular formula is C22H25F3N2O. The van der Waals surface area contributed by atoms with Gasteiger partial charge in [-0.1, -0.05) is 30.7 Å². The molecule has 1 N–H and O–H groups in total. The van der Waals surface area contributed by atoms with Gasteiger partial charge in [0.2, 0.25) is 0 Å². The molecule has 150 valence electrons. The van der Waals surface area contributed by atoms with Crippen LogP contribution < -0.4 is 5.32 Å². The summed E-state index contributed by atoms with van der Waals surface area (Å²) in [6, 6.07) is 5.81. The van der Waals surface area contributed by atoms with E-state index in [1.165, 1.54) is 5.57 Å². The summed E-state index contributed by atoms with van der Waals surface area (Å²) in [7, 11) is 0. The SMILES string of the molecule is C[C@H](CC1=CC1)c1cccc(NC(=O)C2=NC(C(F)(F)F)CC(C3CC3)C2)c1. The zero-order chi connectivity index (χ0) is 19.9. The number of hydrogen-bond acceptors (Lipinski definition) is 2. The number of hydrogen-bond donors (Lipinski definition) is 1. The molecule has 0 spiro atoms. The average molecular weight is 390 g/mol. The fraction of sp³-hybridized carbons (Fsp3) is 0.545. The number of nitrogens with zero attached hydrogens (tertiary/aromatic N) is 1. The lowest BCUT2D eigenvalue weighted by Gasteiger charge is -2.28. The molecule has 1 heterocycles. The van der Waals surface area contributed by atoms with Crippen molar-refractivity contribution in [3.8, 4) is 0 Å². The van der Waals surface area contributed by atoms with E-state index in [1.807, 2.05) is 18.2 Å². The van der Waals surface area contributed by atoms with E-state index in [4.69, 9.17) is 0 Å². The van der Waals surface area contributed by atoms with E-state index in [1.54, 1.807) is 6.07 Å². The highest BCUT2D eigenvalue weighted by atomic mass is 19.4. The Morgan fingerprint density at radius 1 is 1.29 bits per heavy atom. The van der Waals surface area contributed by atoms with E-state index in [-0.39, 0.29) is 18.1 Å². The Morgan fingerprint density at radius 2 is 2.04 bits per heavy atom. The van der Waals surface area contributed by atoms with Gasteiger partial charge < -0.3 is 5.32 Å². The van der Waals surface area contributed by atoms with Crippen LogP contribution >= 0.6 is 0 Å². The molecule has 1 amide bonds. The Bertz CT molecular complexity index is 823. The molecule has 6 heteroatoms. The molecule has 3 nitrogen and oxygen atoms in total. The Kier molecular flexibility index (Phi) is 5.06. The number of carbonyl (C=O) groups is 1. The molecular weight excluding hydrogens is 365 g/mol. The highest BCUT2D eigenvalue weighted by Crippen LogP contribution is 2.45. The Balaban J connectivity index is 1.47. The molecule has 1 aromatic carbocycles. The van der Waals surface area contributed by atoms with E-state index in [9.17, 15) is 18.0 Å². The molecule has 0 bridgehead atoms. The standard InChI is InChI=1S/C22H25F3N2O/c1-13(9-14-5-6-14)16-3-2-4-18(10-16)26-21(28)19-11-17(15-7-8-15)12-20(27-19)22(23,24)25/h2-5,10,13,15,17,20H,6-9,11-12H2,1H3,(H,26,28)/t13-,17?,20?/m1/s1. The summed E-state index contributed by atoms with van der Waals surface area (Å²) in [6.45, 7) is 2.14. The Labute approximate surface area is 163 Å². The van der Waals surface area contributed by atoms with Crippen LogP contribution in [0.2, 0.25) is 0 Å². The highest BCUT2D eigenvalue weighted by Gasteiger charge is 2.47. The lowest BCUT2D eigenvalue weighted by Crippen LogP contribution is -2.38. The van der Waals surface area contributed by atoms with Crippen LogP contribution in [0.1, 0.15) is 56.9 Å². The summed E-state index contributed by atoms with van der Waals surface area (Å²) in [5, 5.41) is 2.78. The van der Waals surface area contributed by atoms with E-state index in [0.29, 0.717) is 23.9 Å². The molecule has 1 saturated carbocycles. The normalized spacial score (nSPS) is 25.6. The lowest BCUT2D eigenvalue weighted by atomic mass is 9.86. The van der Waals surface area contributed by atoms with Gasteiger partial charge in [-0.15, -0.1) is 0 Å². The molecule has 0 radical (unpaired) electrons. The van der Waals surface area contributed by atoms with Crippen LogP contribution in [0, 0.1) is 11.8 Å². The van der Waals surface area contributed by atoms with Crippen LogP contribution in [-0.2, 0) is 4.79 Å². The number of alkyl halides is 3. The molecule has 0 aromatic heterocycles. The molecule has 28 heavy (non-hydrogen) atoms. The third-order valence-corrected chi connectivity index (χ3v) is 6.00. The topological polar surface area (TPSA) is 41.5 Å². The first kappa shape index (κ1) is 19.2. The van der Waals surface area contributed by atoms with Crippen molar-refractivity contribution >= 4 is 17.3 Å². The Morgan fingerprint density at radius 3 is 2.68 bits per heavy atom. The second-order valence-electron chi connectivity index (χ2n) is 8.42. The van der Waals surface area contributed by atoms with Crippen LogP contribution in [0.3, 0.4) is 0 Å². The number of benzene rings is 1. The minimum atomic E-state index is -4.40. The molecule has 1 aromatic rings. The number of amides is 1. The maximum absolute atomic E-state index is 13.3. The summed E-state index contributed by atoms with van der Waals surface area (Å²) >= 11 is 0. The fourth-order valence-electron chi connectivity index (χ4n) is 4.07. The predicted molar refractivity (Wildman–Crippen MR) is 104 cm³/mol. The van der Waals surface area contributed by atoms with Crippen molar-refractivity contribution < 1.29 is 18.0 Å². The maximum Gasteiger partial charge on any atom is 0.410 e. The van der Waals surface area contributed by atoms with Gasteiger partial charge in [-0.3, -0.25) is 9.79 Å². The molecule has 4 rings (SSSR count). The molecule has 1 fully saturated rings. The molecule has 3 aliphatic rings. The van der Waals surface area contributed by atoms with E-state index in [2.05, 4.69) is 23.3 Å². The second kappa shape index (κ2) is 7.37. The molecule has 2 unspecified atom stereocenters. The van der Waals surface area contributed by atoms with Crippen LogP contribution in [0.25, 0.3) is 0 Å².